The summed E-state index contributed by atoms with van der Waals surface area (Å²) in [5.41, 5.74) is 2.50. The highest BCUT2D eigenvalue weighted by Crippen LogP contribution is 2.38. The van der Waals surface area contributed by atoms with Gasteiger partial charge in [-0.05, 0) is 36.2 Å². The summed E-state index contributed by atoms with van der Waals surface area (Å²) in [7, 11) is -5.08. The van der Waals surface area contributed by atoms with Crippen molar-refractivity contribution in [3.63, 3.8) is 0 Å². The summed E-state index contributed by atoms with van der Waals surface area (Å²) >= 11 is 0. The molecular formula is C29H41NO5Si2. The minimum Gasteiger partial charge on any atom is -0.480 e. The Bertz CT molecular complexity index is 1080. The number of aliphatic carboxylic acids is 1. The molecule has 0 radical (unpaired) electrons. The lowest BCUT2D eigenvalue weighted by atomic mass is 10.1. The van der Waals surface area contributed by atoms with E-state index in [9.17, 15) is 14.7 Å². The molecule has 0 unspecified atom stereocenters. The van der Waals surface area contributed by atoms with Crippen molar-refractivity contribution < 1.29 is 23.9 Å². The van der Waals surface area contributed by atoms with Crippen LogP contribution in [0.3, 0.4) is 0 Å². The van der Waals surface area contributed by atoms with Gasteiger partial charge in [-0.25, -0.2) is 9.59 Å². The molecule has 2 aromatic rings. The molecule has 0 spiro atoms. The van der Waals surface area contributed by atoms with Crippen LogP contribution in [0, 0.1) is 11.5 Å². The van der Waals surface area contributed by atoms with Crippen LogP contribution in [-0.4, -0.2) is 51.3 Å². The number of carbonyl (C=O) groups excluding carboxylic acids is 1. The summed E-state index contributed by atoms with van der Waals surface area (Å²) in [5, 5.41) is 14.4. The molecule has 0 saturated carbocycles. The fraction of sp³-hybridized carbons (Fsp3) is 0.448. The van der Waals surface area contributed by atoms with Gasteiger partial charge >= 0.3 is 12.1 Å². The number of ether oxygens (including phenoxy) is 1. The fourth-order valence-corrected chi connectivity index (χ4v) is 9.22. The van der Waals surface area contributed by atoms with E-state index in [0.717, 1.165) is 10.4 Å². The number of rotatable bonds is 7. The summed E-state index contributed by atoms with van der Waals surface area (Å²) in [6.07, 6.45) is -1.94. The summed E-state index contributed by atoms with van der Waals surface area (Å²) in [6.45, 7) is 17.7. The lowest BCUT2D eigenvalue weighted by molar-refractivity contribution is -0.141. The van der Waals surface area contributed by atoms with Gasteiger partial charge < -0.3 is 19.6 Å². The standard InChI is InChI=1S/C29H41NO5Si2/c1-28(2,3)34-27(33)30-25(26(31)32)24(20-21-36(7,8)9)35-37(29(4,5)6,22-16-12-10-13-17-22)23-18-14-11-15-19-23/h10-19,24-25H,1-9H3,(H,30,33)(H,31,32)/t24-,25+/m1/s1. The van der Waals surface area contributed by atoms with E-state index in [1.807, 2.05) is 60.7 Å². The molecule has 0 aliphatic carbocycles. The highest BCUT2D eigenvalue weighted by molar-refractivity contribution is 6.99. The molecule has 0 aliphatic heterocycles. The minimum absolute atomic E-state index is 0.399. The van der Waals surface area contributed by atoms with Gasteiger partial charge in [0, 0.05) is 0 Å². The second kappa shape index (κ2) is 11.7. The van der Waals surface area contributed by atoms with Crippen LogP contribution in [0.2, 0.25) is 24.7 Å². The molecule has 2 aromatic carbocycles. The molecule has 2 atom stereocenters. The second-order valence-corrected chi connectivity index (χ2v) is 21.2. The Morgan fingerprint density at radius 2 is 1.32 bits per heavy atom. The van der Waals surface area contributed by atoms with Crippen LogP contribution in [-0.2, 0) is 14.0 Å². The maximum absolute atomic E-state index is 12.7. The van der Waals surface area contributed by atoms with Crippen molar-refractivity contribution >= 4 is 38.8 Å². The molecule has 0 aromatic heterocycles. The number of carbonyl (C=O) groups is 2. The van der Waals surface area contributed by atoms with Gasteiger partial charge in [-0.1, -0.05) is 107 Å². The van der Waals surface area contributed by atoms with Crippen molar-refractivity contribution in [2.45, 2.75) is 84.0 Å². The third-order valence-corrected chi connectivity index (χ3v) is 11.5. The van der Waals surface area contributed by atoms with Gasteiger partial charge in [-0.3, -0.25) is 0 Å². The zero-order valence-electron chi connectivity index (χ0n) is 23.5. The number of carboxylic acid groups (broad SMARTS) is 1. The lowest BCUT2D eigenvalue weighted by Gasteiger charge is -2.45. The fourth-order valence-electron chi connectivity index (χ4n) is 4.05. The van der Waals surface area contributed by atoms with Crippen LogP contribution in [0.25, 0.3) is 0 Å². The molecule has 0 saturated heterocycles. The Kier molecular flexibility index (Phi) is 9.58. The predicted octanol–water partition coefficient (Wildman–Crippen LogP) is 4.79. The number of amides is 1. The number of carboxylic acids is 1. The molecule has 2 rings (SSSR count). The van der Waals surface area contributed by atoms with E-state index in [1.54, 1.807) is 20.8 Å². The van der Waals surface area contributed by atoms with Crippen LogP contribution in [0.15, 0.2) is 60.7 Å². The first-order valence-electron chi connectivity index (χ1n) is 12.5. The van der Waals surface area contributed by atoms with Crippen molar-refractivity contribution in [3.05, 3.63) is 60.7 Å². The van der Waals surface area contributed by atoms with Crippen LogP contribution in [0.1, 0.15) is 41.5 Å². The van der Waals surface area contributed by atoms with Crippen molar-refractivity contribution in [1.29, 1.82) is 0 Å². The van der Waals surface area contributed by atoms with E-state index >= 15 is 0 Å². The van der Waals surface area contributed by atoms with Crippen LogP contribution in [0.4, 0.5) is 4.79 Å². The number of hydrogen-bond acceptors (Lipinski definition) is 4. The Hall–Kier alpha value is -2.87. The van der Waals surface area contributed by atoms with E-state index in [2.05, 4.69) is 57.2 Å². The van der Waals surface area contributed by atoms with Gasteiger partial charge in [-0.2, -0.15) is 0 Å². The number of benzene rings is 2. The van der Waals surface area contributed by atoms with Crippen molar-refractivity contribution in [1.82, 2.24) is 5.32 Å². The van der Waals surface area contributed by atoms with Gasteiger partial charge in [-0.15, -0.1) is 5.54 Å². The lowest BCUT2D eigenvalue weighted by Crippen LogP contribution is -2.69. The number of hydrogen-bond donors (Lipinski definition) is 2. The summed E-state index contributed by atoms with van der Waals surface area (Å²) in [5.74, 6) is 1.91. The van der Waals surface area contributed by atoms with E-state index in [1.165, 1.54) is 0 Å². The number of alkyl carbamates (subject to hydrolysis) is 1. The zero-order chi connectivity index (χ0) is 28.1. The summed E-state index contributed by atoms with van der Waals surface area (Å²) in [6, 6.07) is 18.4. The molecule has 0 fully saturated rings. The molecule has 1 amide bonds. The largest absolute Gasteiger partial charge is 0.480 e. The van der Waals surface area contributed by atoms with E-state index in [0.29, 0.717) is 0 Å². The molecule has 8 heteroatoms. The second-order valence-electron chi connectivity index (χ2n) is 12.2. The zero-order valence-corrected chi connectivity index (χ0v) is 25.5. The van der Waals surface area contributed by atoms with Gasteiger partial charge in [0.15, 0.2) is 6.04 Å². The average molecular weight is 540 g/mol. The smallest absolute Gasteiger partial charge is 0.408 e. The molecule has 0 heterocycles. The summed E-state index contributed by atoms with van der Waals surface area (Å²) in [4.78, 5) is 25.3. The molecular weight excluding hydrogens is 498 g/mol. The summed E-state index contributed by atoms with van der Waals surface area (Å²) < 4.78 is 12.4. The van der Waals surface area contributed by atoms with E-state index in [4.69, 9.17) is 9.16 Å². The third-order valence-electron chi connectivity index (χ3n) is 5.55. The third kappa shape index (κ3) is 8.32. The predicted molar refractivity (Wildman–Crippen MR) is 154 cm³/mol. The van der Waals surface area contributed by atoms with Crippen molar-refractivity contribution in [2.24, 2.45) is 0 Å². The quantitative estimate of drug-likeness (QED) is 0.390. The van der Waals surface area contributed by atoms with Gasteiger partial charge in [0.2, 0.25) is 0 Å². The molecule has 200 valence electrons. The Balaban J connectivity index is 2.77. The maximum atomic E-state index is 12.7. The number of nitrogens with one attached hydrogen (secondary N) is 1. The SMILES string of the molecule is CC(C)(C)OC(=O)N[C@H](C(=O)O)[C@@H](C#C[Si](C)(C)C)O[Si](c1ccccc1)(c1ccccc1)C(C)(C)C. The molecule has 0 bridgehead atoms. The van der Waals surface area contributed by atoms with Gasteiger partial charge in [0.05, 0.1) is 0 Å². The Morgan fingerprint density at radius 3 is 1.68 bits per heavy atom. The van der Waals surface area contributed by atoms with Crippen molar-refractivity contribution in [3.8, 4) is 11.5 Å². The first-order chi connectivity index (χ1) is 17.0. The maximum Gasteiger partial charge on any atom is 0.408 e. The van der Waals surface area contributed by atoms with Crippen LogP contribution >= 0.6 is 0 Å². The molecule has 37 heavy (non-hydrogen) atoms. The Labute approximate surface area is 223 Å². The topological polar surface area (TPSA) is 84.9 Å². The highest BCUT2D eigenvalue weighted by atomic mass is 28.4. The van der Waals surface area contributed by atoms with E-state index in [-0.39, 0.29) is 0 Å². The first kappa shape index (κ1) is 30.4. The first-order valence-corrected chi connectivity index (χ1v) is 17.9. The normalized spacial score (nSPS) is 14.1. The van der Waals surface area contributed by atoms with E-state index < -0.39 is 51.2 Å². The minimum atomic E-state index is -3.16. The molecule has 2 N–H and O–H groups in total. The monoisotopic (exact) mass is 539 g/mol. The van der Waals surface area contributed by atoms with Crippen molar-refractivity contribution in [2.75, 3.05) is 0 Å². The van der Waals surface area contributed by atoms with Crippen LogP contribution < -0.4 is 15.7 Å². The Morgan fingerprint density at radius 1 is 0.865 bits per heavy atom. The molecule has 6 nitrogen and oxygen atoms in total. The molecule has 0 aliphatic rings. The van der Waals surface area contributed by atoms with Gasteiger partial charge in [0.25, 0.3) is 8.32 Å². The van der Waals surface area contributed by atoms with Gasteiger partial charge in [0.1, 0.15) is 19.8 Å². The average Bonchev–Trinajstić information content (AvgIpc) is 2.76. The van der Waals surface area contributed by atoms with Crippen LogP contribution in [0.5, 0.6) is 0 Å². The highest BCUT2D eigenvalue weighted by Gasteiger charge is 2.53.